The molecule has 1 fully saturated rings. The van der Waals surface area contributed by atoms with E-state index in [1.807, 2.05) is 23.1 Å². The fraction of sp³-hybridized carbons (Fsp3) is 0.421. The number of amides is 2. The van der Waals surface area contributed by atoms with E-state index in [1.165, 1.54) is 16.9 Å². The number of fused-ring (bicyclic) bond motifs is 1. The summed E-state index contributed by atoms with van der Waals surface area (Å²) in [5.74, 6) is -0.162. The van der Waals surface area contributed by atoms with Gasteiger partial charge in [0.25, 0.3) is 11.8 Å². The molecule has 0 unspecified atom stereocenters. The van der Waals surface area contributed by atoms with E-state index in [9.17, 15) is 9.59 Å². The van der Waals surface area contributed by atoms with Gasteiger partial charge < -0.3 is 20.3 Å². The van der Waals surface area contributed by atoms with Gasteiger partial charge in [-0.3, -0.25) is 9.59 Å². The number of rotatable bonds is 4. The number of thiazole rings is 1. The minimum atomic E-state index is -0.356. The van der Waals surface area contributed by atoms with Crippen LogP contribution in [-0.4, -0.2) is 48.0 Å². The number of aromatic nitrogens is 1. The molecular formula is C19H22N4O3S. The lowest BCUT2D eigenvalue weighted by molar-refractivity contribution is -0.124. The summed E-state index contributed by atoms with van der Waals surface area (Å²) in [6, 6.07) is 5.91. The fourth-order valence-electron chi connectivity index (χ4n) is 3.46. The van der Waals surface area contributed by atoms with Crippen LogP contribution in [0.15, 0.2) is 23.6 Å². The number of nitrogens with zero attached hydrogens (tertiary/aromatic N) is 2. The molecule has 0 saturated carbocycles. The molecule has 2 aromatic rings. The van der Waals surface area contributed by atoms with Crippen molar-refractivity contribution in [3.63, 3.8) is 0 Å². The zero-order chi connectivity index (χ0) is 18.8. The lowest BCUT2D eigenvalue weighted by Gasteiger charge is -2.28. The molecular weight excluding hydrogens is 364 g/mol. The van der Waals surface area contributed by atoms with Crippen molar-refractivity contribution in [2.45, 2.75) is 31.9 Å². The normalized spacial score (nSPS) is 18.9. The molecule has 0 radical (unpaired) electrons. The second-order valence-corrected chi connectivity index (χ2v) is 7.60. The average Bonchev–Trinajstić information content (AvgIpc) is 3.38. The maximum atomic E-state index is 12.7. The Hall–Kier alpha value is -2.45. The van der Waals surface area contributed by atoms with E-state index in [4.69, 9.17) is 4.74 Å². The smallest absolute Gasteiger partial charge is 0.273 e. The molecule has 1 saturated heterocycles. The van der Waals surface area contributed by atoms with Crippen LogP contribution < -0.4 is 10.6 Å². The molecule has 0 bridgehead atoms. The van der Waals surface area contributed by atoms with Gasteiger partial charge >= 0.3 is 0 Å². The molecule has 1 aromatic heterocycles. The zero-order valence-corrected chi connectivity index (χ0v) is 16.0. The summed E-state index contributed by atoms with van der Waals surface area (Å²) >= 11 is 1.42. The van der Waals surface area contributed by atoms with E-state index < -0.39 is 0 Å². The summed E-state index contributed by atoms with van der Waals surface area (Å²) in [5, 5.41) is 8.40. The minimum absolute atomic E-state index is 0.0628. The number of benzene rings is 1. The lowest BCUT2D eigenvalue weighted by atomic mass is 9.98. The van der Waals surface area contributed by atoms with Crippen molar-refractivity contribution < 1.29 is 14.3 Å². The van der Waals surface area contributed by atoms with Gasteiger partial charge in [0, 0.05) is 37.8 Å². The van der Waals surface area contributed by atoms with Gasteiger partial charge in [-0.2, -0.15) is 0 Å². The summed E-state index contributed by atoms with van der Waals surface area (Å²) in [6.45, 7) is 1.83. The van der Waals surface area contributed by atoms with Crippen LogP contribution in [0.3, 0.4) is 0 Å². The molecule has 2 amide bonds. The summed E-state index contributed by atoms with van der Waals surface area (Å²) in [5.41, 5.74) is 3.48. The van der Waals surface area contributed by atoms with Gasteiger partial charge in [-0.15, -0.1) is 11.3 Å². The van der Waals surface area contributed by atoms with Crippen LogP contribution in [0.2, 0.25) is 0 Å². The van der Waals surface area contributed by atoms with Crippen LogP contribution in [0.1, 0.15) is 34.5 Å². The average molecular weight is 386 g/mol. The Morgan fingerprint density at radius 3 is 2.96 bits per heavy atom. The monoisotopic (exact) mass is 386 g/mol. The first-order valence-electron chi connectivity index (χ1n) is 9.11. The predicted molar refractivity (Wildman–Crippen MR) is 104 cm³/mol. The Bertz CT molecular complexity index is 860. The number of hydrogen-bond donors (Lipinski definition) is 2. The highest BCUT2D eigenvalue weighted by Crippen LogP contribution is 2.25. The third kappa shape index (κ3) is 3.81. The topological polar surface area (TPSA) is 83.6 Å². The Labute approximate surface area is 161 Å². The molecule has 4 rings (SSSR count). The Morgan fingerprint density at radius 2 is 2.22 bits per heavy atom. The Morgan fingerprint density at radius 1 is 1.33 bits per heavy atom. The number of carbonyl (C=O) groups is 2. The Kier molecular flexibility index (Phi) is 5.09. The summed E-state index contributed by atoms with van der Waals surface area (Å²) in [6.07, 6.45) is 2.13. The highest BCUT2D eigenvalue weighted by atomic mass is 32.1. The molecule has 2 aliphatic rings. The molecule has 1 atom stereocenters. The van der Waals surface area contributed by atoms with Crippen LogP contribution in [0.4, 0.5) is 10.8 Å². The van der Waals surface area contributed by atoms with Crippen LogP contribution in [0, 0.1) is 0 Å². The molecule has 2 aliphatic heterocycles. The Balaban J connectivity index is 1.46. The molecule has 27 heavy (non-hydrogen) atoms. The number of hydrogen-bond acceptors (Lipinski definition) is 6. The van der Waals surface area contributed by atoms with Gasteiger partial charge in [-0.05, 0) is 42.5 Å². The van der Waals surface area contributed by atoms with Gasteiger partial charge in [-0.1, -0.05) is 6.07 Å². The molecule has 3 heterocycles. The van der Waals surface area contributed by atoms with Gasteiger partial charge in [0.1, 0.15) is 11.8 Å². The molecule has 1 aromatic carbocycles. The molecule has 7 nitrogen and oxygen atoms in total. The maximum absolute atomic E-state index is 12.7. The van der Waals surface area contributed by atoms with Crippen molar-refractivity contribution in [2.24, 2.45) is 0 Å². The van der Waals surface area contributed by atoms with Crippen molar-refractivity contribution in [3.8, 4) is 0 Å². The first kappa shape index (κ1) is 17.9. The van der Waals surface area contributed by atoms with Gasteiger partial charge in [-0.25, -0.2) is 4.98 Å². The van der Waals surface area contributed by atoms with Gasteiger partial charge in [0.15, 0.2) is 5.13 Å². The van der Waals surface area contributed by atoms with Crippen LogP contribution in [-0.2, 0) is 22.5 Å². The van der Waals surface area contributed by atoms with Crippen molar-refractivity contribution in [3.05, 3.63) is 40.4 Å². The quantitative estimate of drug-likeness (QED) is 0.844. The van der Waals surface area contributed by atoms with Crippen molar-refractivity contribution in [1.82, 2.24) is 9.88 Å². The first-order chi connectivity index (χ1) is 13.1. The van der Waals surface area contributed by atoms with E-state index >= 15 is 0 Å². The third-order valence-electron chi connectivity index (χ3n) is 4.93. The SMILES string of the molecule is CNc1nc(C(=O)N2CCc3ccc(NC(=O)[C@@H]4CCCO4)cc3C2)cs1. The summed E-state index contributed by atoms with van der Waals surface area (Å²) in [4.78, 5) is 31.1. The standard InChI is InChI=1S/C19H22N4O3S/c1-20-19-22-15(11-27-19)18(25)23-7-6-12-4-5-14(9-13(12)10-23)21-17(24)16-3-2-8-26-16/h4-5,9,11,16H,2-3,6-8,10H2,1H3,(H,20,22)(H,21,24)/t16-/m0/s1. The lowest BCUT2D eigenvalue weighted by Crippen LogP contribution is -2.36. The second-order valence-electron chi connectivity index (χ2n) is 6.74. The number of anilines is 2. The molecule has 0 aliphatic carbocycles. The summed E-state index contributed by atoms with van der Waals surface area (Å²) < 4.78 is 5.43. The molecule has 142 valence electrons. The van der Waals surface area contributed by atoms with E-state index in [2.05, 4.69) is 15.6 Å². The van der Waals surface area contributed by atoms with E-state index in [0.717, 1.165) is 35.6 Å². The van der Waals surface area contributed by atoms with E-state index in [0.29, 0.717) is 25.4 Å². The van der Waals surface area contributed by atoms with E-state index in [-0.39, 0.29) is 17.9 Å². The van der Waals surface area contributed by atoms with Crippen LogP contribution in [0.25, 0.3) is 0 Å². The minimum Gasteiger partial charge on any atom is -0.368 e. The first-order valence-corrected chi connectivity index (χ1v) is 9.99. The van der Waals surface area contributed by atoms with Crippen molar-refractivity contribution in [1.29, 1.82) is 0 Å². The van der Waals surface area contributed by atoms with Gasteiger partial charge in [0.05, 0.1) is 0 Å². The summed E-state index contributed by atoms with van der Waals surface area (Å²) in [7, 11) is 1.79. The predicted octanol–water partition coefficient (Wildman–Crippen LogP) is 2.50. The highest BCUT2D eigenvalue weighted by molar-refractivity contribution is 7.13. The van der Waals surface area contributed by atoms with Crippen LogP contribution in [0.5, 0.6) is 0 Å². The number of ether oxygens (including phenoxy) is 1. The number of nitrogens with one attached hydrogen (secondary N) is 2. The van der Waals surface area contributed by atoms with Gasteiger partial charge in [0.2, 0.25) is 0 Å². The second kappa shape index (κ2) is 7.66. The van der Waals surface area contributed by atoms with Crippen molar-refractivity contribution in [2.75, 3.05) is 30.8 Å². The molecule has 0 spiro atoms. The largest absolute Gasteiger partial charge is 0.368 e. The molecule has 8 heteroatoms. The number of carbonyl (C=O) groups excluding carboxylic acids is 2. The van der Waals surface area contributed by atoms with E-state index in [1.54, 1.807) is 12.4 Å². The third-order valence-corrected chi connectivity index (χ3v) is 5.79. The zero-order valence-electron chi connectivity index (χ0n) is 15.2. The van der Waals surface area contributed by atoms with Crippen molar-refractivity contribution >= 4 is 34.0 Å². The van der Waals surface area contributed by atoms with Crippen LogP contribution >= 0.6 is 11.3 Å². The highest BCUT2D eigenvalue weighted by Gasteiger charge is 2.26. The maximum Gasteiger partial charge on any atom is 0.273 e. The fourth-order valence-corrected chi connectivity index (χ4v) is 4.11. The molecule has 2 N–H and O–H groups in total.